The summed E-state index contributed by atoms with van der Waals surface area (Å²) >= 11 is 0. The molecule has 1 aromatic carbocycles. The van der Waals surface area contributed by atoms with E-state index < -0.39 is 21.7 Å². The van der Waals surface area contributed by atoms with Gasteiger partial charge in [0.2, 0.25) is 16.0 Å². The predicted molar refractivity (Wildman–Crippen MR) is 130 cm³/mol. The quantitative estimate of drug-likeness (QED) is 0.529. The first-order chi connectivity index (χ1) is 16.6. The molecule has 0 radical (unpaired) electrons. The van der Waals surface area contributed by atoms with Gasteiger partial charge in [-0.3, -0.25) is 4.98 Å². The number of pyridine rings is 1. The first kappa shape index (κ1) is 24.0. The van der Waals surface area contributed by atoms with Crippen molar-refractivity contribution in [3.05, 3.63) is 47.3 Å². The summed E-state index contributed by atoms with van der Waals surface area (Å²) in [5, 5.41) is 3.48. The van der Waals surface area contributed by atoms with Gasteiger partial charge in [0.05, 0.1) is 11.4 Å². The van der Waals surface area contributed by atoms with E-state index in [1.54, 1.807) is 30.3 Å². The summed E-state index contributed by atoms with van der Waals surface area (Å²) in [5.74, 6) is -1.05. The van der Waals surface area contributed by atoms with Gasteiger partial charge in [-0.1, -0.05) is 0 Å². The summed E-state index contributed by atoms with van der Waals surface area (Å²) in [5.41, 5.74) is 7.87. The molecule has 2 aliphatic rings. The number of hydrogen-bond donors (Lipinski definition) is 2. The van der Waals surface area contributed by atoms with Crippen LogP contribution in [0.4, 0.5) is 14.7 Å². The molecule has 11 heteroatoms. The summed E-state index contributed by atoms with van der Waals surface area (Å²) in [6.07, 6.45) is 3.72. The van der Waals surface area contributed by atoms with E-state index in [0.717, 1.165) is 19.0 Å². The van der Waals surface area contributed by atoms with Gasteiger partial charge in [-0.25, -0.2) is 31.5 Å². The molecule has 5 rings (SSSR count). The second-order valence-corrected chi connectivity index (χ2v) is 11.7. The summed E-state index contributed by atoms with van der Waals surface area (Å²) in [6, 6.07) is 4.26. The highest BCUT2D eigenvalue weighted by Crippen LogP contribution is 2.33. The van der Waals surface area contributed by atoms with Crippen LogP contribution in [0.5, 0.6) is 0 Å². The number of nitrogens with zero attached hydrogens (tertiary/aromatic N) is 4. The fraction of sp³-hybridized carbons (Fsp3) is 0.458. The minimum Gasteiger partial charge on any atom is -0.351 e. The number of rotatable bonds is 6. The van der Waals surface area contributed by atoms with E-state index in [9.17, 15) is 12.8 Å². The Morgan fingerprint density at radius 1 is 1.09 bits per heavy atom. The molecule has 2 fully saturated rings. The van der Waals surface area contributed by atoms with Crippen molar-refractivity contribution in [3.63, 3.8) is 0 Å². The Labute approximate surface area is 203 Å². The van der Waals surface area contributed by atoms with Gasteiger partial charge in [0.25, 0.3) is 0 Å². The van der Waals surface area contributed by atoms with Crippen LogP contribution in [0.2, 0.25) is 0 Å². The maximum absolute atomic E-state index is 15.0. The molecule has 1 unspecified atom stereocenters. The zero-order valence-corrected chi connectivity index (χ0v) is 20.4. The molecule has 1 saturated carbocycles. The van der Waals surface area contributed by atoms with E-state index in [1.165, 1.54) is 6.07 Å². The van der Waals surface area contributed by atoms with Gasteiger partial charge in [0.1, 0.15) is 17.0 Å². The number of halogens is 2. The molecule has 0 bridgehead atoms. The molecule has 3 heterocycles. The van der Waals surface area contributed by atoms with Crippen LogP contribution in [0.3, 0.4) is 0 Å². The number of aryl methyl sites for hydroxylation is 1. The van der Waals surface area contributed by atoms with Crippen molar-refractivity contribution < 1.29 is 17.2 Å². The van der Waals surface area contributed by atoms with Crippen molar-refractivity contribution in [2.75, 3.05) is 18.4 Å². The monoisotopic (exact) mass is 502 g/mol. The number of anilines is 1. The number of hydrogen-bond acceptors (Lipinski definition) is 7. The number of nitrogens with two attached hydrogens (primary N) is 1. The Morgan fingerprint density at radius 2 is 1.80 bits per heavy atom. The average molecular weight is 503 g/mol. The molecular formula is C24H28F2N6O2S. The lowest BCUT2D eigenvalue weighted by Gasteiger charge is -2.31. The highest BCUT2D eigenvalue weighted by molar-refractivity contribution is 7.90. The molecule has 1 aliphatic heterocycles. The topological polar surface area (TPSA) is 114 Å². The van der Waals surface area contributed by atoms with E-state index in [0.29, 0.717) is 42.6 Å². The zero-order valence-electron chi connectivity index (χ0n) is 19.6. The zero-order chi connectivity index (χ0) is 24.9. The highest BCUT2D eigenvalue weighted by Gasteiger charge is 2.41. The predicted octanol–water partition coefficient (Wildman–Crippen LogP) is 3.67. The van der Waals surface area contributed by atoms with Crippen LogP contribution in [-0.2, 0) is 10.0 Å². The van der Waals surface area contributed by atoms with Gasteiger partial charge >= 0.3 is 0 Å². The van der Waals surface area contributed by atoms with Crippen LogP contribution in [0, 0.1) is 18.6 Å². The van der Waals surface area contributed by atoms with Gasteiger partial charge in [-0.05, 0) is 63.3 Å². The van der Waals surface area contributed by atoms with Crippen molar-refractivity contribution in [1.82, 2.24) is 19.3 Å². The van der Waals surface area contributed by atoms with Crippen LogP contribution < -0.4 is 11.1 Å². The molecule has 1 saturated heterocycles. The number of benzene rings is 1. The Kier molecular flexibility index (Phi) is 6.18. The summed E-state index contributed by atoms with van der Waals surface area (Å²) in [7, 11) is -3.19. The van der Waals surface area contributed by atoms with E-state index >= 15 is 4.39 Å². The molecule has 1 atom stereocenters. The molecule has 0 amide bonds. The number of piperidine rings is 1. The third kappa shape index (κ3) is 4.72. The van der Waals surface area contributed by atoms with E-state index in [2.05, 4.69) is 20.3 Å². The van der Waals surface area contributed by atoms with Crippen molar-refractivity contribution in [1.29, 1.82) is 0 Å². The molecule has 0 spiro atoms. The SMILES string of the molecule is Cc1cc(C(C)N)c2cc(-c3nc(NC4CCN(S(=O)(=O)C5CC5)CC4)ncc3F)cc(F)c2n1. The van der Waals surface area contributed by atoms with Crippen LogP contribution in [0.25, 0.3) is 22.2 Å². The lowest BCUT2D eigenvalue weighted by molar-refractivity contribution is 0.328. The van der Waals surface area contributed by atoms with Gasteiger partial charge in [-0.2, -0.15) is 0 Å². The number of aromatic nitrogens is 3. The van der Waals surface area contributed by atoms with Crippen molar-refractivity contribution in [3.8, 4) is 11.3 Å². The molecule has 35 heavy (non-hydrogen) atoms. The van der Waals surface area contributed by atoms with Gasteiger partial charge < -0.3 is 11.1 Å². The molecule has 186 valence electrons. The average Bonchev–Trinajstić information content (AvgIpc) is 3.67. The summed E-state index contributed by atoms with van der Waals surface area (Å²) < 4.78 is 56.2. The summed E-state index contributed by atoms with van der Waals surface area (Å²) in [4.78, 5) is 12.7. The van der Waals surface area contributed by atoms with E-state index in [1.807, 2.05) is 0 Å². The smallest absolute Gasteiger partial charge is 0.223 e. The second kappa shape index (κ2) is 9.03. The Balaban J connectivity index is 1.40. The Hall–Kier alpha value is -2.76. The third-order valence-electron chi connectivity index (χ3n) is 6.63. The van der Waals surface area contributed by atoms with Crippen LogP contribution in [0.1, 0.15) is 49.9 Å². The summed E-state index contributed by atoms with van der Waals surface area (Å²) in [6.45, 7) is 4.42. The Bertz CT molecular complexity index is 1390. The highest BCUT2D eigenvalue weighted by atomic mass is 32.2. The first-order valence-corrected chi connectivity index (χ1v) is 13.3. The van der Waals surface area contributed by atoms with Gasteiger partial charge in [0.15, 0.2) is 5.82 Å². The van der Waals surface area contributed by atoms with Crippen molar-refractivity contribution >= 4 is 26.9 Å². The normalized spacial score (nSPS) is 18.7. The minimum absolute atomic E-state index is 0.0340. The van der Waals surface area contributed by atoms with Crippen LogP contribution >= 0.6 is 0 Å². The molecule has 3 aromatic rings. The molecule has 8 nitrogen and oxygen atoms in total. The van der Waals surface area contributed by atoms with Crippen molar-refractivity contribution in [2.24, 2.45) is 5.73 Å². The Morgan fingerprint density at radius 3 is 2.46 bits per heavy atom. The second-order valence-electron chi connectivity index (χ2n) is 9.45. The maximum Gasteiger partial charge on any atom is 0.223 e. The number of sulfonamides is 1. The van der Waals surface area contributed by atoms with E-state index in [-0.39, 0.29) is 40.1 Å². The number of nitrogens with one attached hydrogen (secondary N) is 1. The maximum atomic E-state index is 15.0. The fourth-order valence-corrected chi connectivity index (χ4v) is 6.48. The molecular weight excluding hydrogens is 474 g/mol. The molecule has 2 aromatic heterocycles. The minimum atomic E-state index is -3.19. The van der Waals surface area contributed by atoms with Crippen molar-refractivity contribution in [2.45, 2.75) is 56.9 Å². The number of fused-ring (bicyclic) bond motifs is 1. The first-order valence-electron chi connectivity index (χ1n) is 11.8. The lowest BCUT2D eigenvalue weighted by Crippen LogP contribution is -2.43. The van der Waals surface area contributed by atoms with E-state index in [4.69, 9.17) is 5.73 Å². The van der Waals surface area contributed by atoms with Gasteiger partial charge in [-0.15, -0.1) is 0 Å². The molecule has 1 aliphatic carbocycles. The van der Waals surface area contributed by atoms with Gasteiger partial charge in [0, 0.05) is 41.8 Å². The molecule has 3 N–H and O–H groups in total. The largest absolute Gasteiger partial charge is 0.351 e. The lowest BCUT2D eigenvalue weighted by atomic mass is 9.99. The fourth-order valence-electron chi connectivity index (χ4n) is 4.61. The standard InChI is InChI=1S/C24H28F2N6O2S/c1-13-9-18(14(2)27)19-10-15(11-20(25)23(19)29-13)22-21(26)12-28-24(31-22)30-16-5-7-32(8-6-16)35(33,34)17-3-4-17/h9-12,14,16-17H,3-8,27H2,1-2H3,(H,28,30,31). The van der Waals surface area contributed by atoms with Crippen LogP contribution in [-0.4, -0.2) is 52.1 Å². The third-order valence-corrected chi connectivity index (χ3v) is 9.03. The van der Waals surface area contributed by atoms with Crippen LogP contribution in [0.15, 0.2) is 24.4 Å².